The van der Waals surface area contributed by atoms with Gasteiger partial charge in [0.25, 0.3) is 11.8 Å². The number of amides is 2. The second-order valence-electron chi connectivity index (χ2n) is 3.11. The molecule has 0 aliphatic carbocycles. The molecule has 0 aromatic heterocycles. The summed E-state index contributed by atoms with van der Waals surface area (Å²) in [6.07, 6.45) is 3.64. The Morgan fingerprint density at radius 2 is 1.79 bits per heavy atom. The molecule has 5 nitrogen and oxygen atoms in total. The fourth-order valence-corrected chi connectivity index (χ4v) is 2.73. The highest BCUT2D eigenvalue weighted by Gasteiger charge is 2.35. The Morgan fingerprint density at radius 3 is 2.21 bits per heavy atom. The standard InChI is InChI=1S/C8H7NO4S/c10-7-1-2-8(11)9(7)6-3-4-14(12,13)5-6/h1-4,6H,5H2. The van der Waals surface area contributed by atoms with E-state index in [2.05, 4.69) is 0 Å². The van der Waals surface area contributed by atoms with Crippen molar-refractivity contribution in [2.45, 2.75) is 6.04 Å². The molecule has 6 heteroatoms. The molecule has 1 atom stereocenters. The third-order valence-corrected chi connectivity index (χ3v) is 3.46. The predicted molar refractivity (Wildman–Crippen MR) is 47.7 cm³/mol. The lowest BCUT2D eigenvalue weighted by atomic mass is 10.3. The highest BCUT2D eigenvalue weighted by molar-refractivity contribution is 7.94. The fourth-order valence-electron chi connectivity index (χ4n) is 1.46. The van der Waals surface area contributed by atoms with E-state index < -0.39 is 27.7 Å². The van der Waals surface area contributed by atoms with Crippen LogP contribution in [0.3, 0.4) is 0 Å². The zero-order valence-corrected chi connectivity index (χ0v) is 7.90. The number of hydrogen-bond acceptors (Lipinski definition) is 4. The van der Waals surface area contributed by atoms with Crippen LogP contribution in [0.15, 0.2) is 23.6 Å². The maximum Gasteiger partial charge on any atom is 0.254 e. The van der Waals surface area contributed by atoms with E-state index in [0.717, 1.165) is 22.5 Å². The van der Waals surface area contributed by atoms with Crippen molar-refractivity contribution in [1.29, 1.82) is 0 Å². The van der Waals surface area contributed by atoms with Gasteiger partial charge >= 0.3 is 0 Å². The normalized spacial score (nSPS) is 29.1. The molecule has 14 heavy (non-hydrogen) atoms. The highest BCUT2D eigenvalue weighted by Crippen LogP contribution is 2.18. The Hall–Kier alpha value is -1.43. The molecule has 2 heterocycles. The lowest BCUT2D eigenvalue weighted by Gasteiger charge is -2.18. The third kappa shape index (κ3) is 1.37. The average molecular weight is 213 g/mol. The summed E-state index contributed by atoms with van der Waals surface area (Å²) in [4.78, 5) is 23.3. The summed E-state index contributed by atoms with van der Waals surface area (Å²) >= 11 is 0. The molecule has 2 amide bonds. The van der Waals surface area contributed by atoms with E-state index in [-0.39, 0.29) is 5.75 Å². The quantitative estimate of drug-likeness (QED) is 0.536. The number of nitrogens with zero attached hydrogens (tertiary/aromatic N) is 1. The number of sulfone groups is 1. The lowest BCUT2D eigenvalue weighted by Crippen LogP contribution is -2.40. The second kappa shape index (κ2) is 2.78. The fraction of sp³-hybridized carbons (Fsp3) is 0.250. The van der Waals surface area contributed by atoms with E-state index in [0.29, 0.717) is 0 Å². The first-order valence-corrected chi connectivity index (χ1v) is 5.67. The molecule has 2 aliphatic heterocycles. The van der Waals surface area contributed by atoms with E-state index in [9.17, 15) is 18.0 Å². The van der Waals surface area contributed by atoms with E-state index in [1.165, 1.54) is 6.08 Å². The van der Waals surface area contributed by atoms with Crippen molar-refractivity contribution in [3.05, 3.63) is 23.6 Å². The first-order valence-electron chi connectivity index (χ1n) is 3.96. The molecule has 74 valence electrons. The molecule has 0 saturated heterocycles. The summed E-state index contributed by atoms with van der Waals surface area (Å²) in [6.45, 7) is 0. The van der Waals surface area contributed by atoms with Crippen molar-refractivity contribution in [3.8, 4) is 0 Å². The van der Waals surface area contributed by atoms with E-state index in [1.54, 1.807) is 0 Å². The van der Waals surface area contributed by atoms with Gasteiger partial charge in [0.2, 0.25) is 0 Å². The Kier molecular flexibility index (Phi) is 1.81. The molecule has 0 N–H and O–H groups in total. The molecule has 0 fully saturated rings. The first kappa shape index (κ1) is 9.14. The molecule has 0 aromatic rings. The molecule has 0 radical (unpaired) electrons. The summed E-state index contributed by atoms with van der Waals surface area (Å²) in [7, 11) is -3.23. The molecule has 1 unspecified atom stereocenters. The molecule has 0 saturated carbocycles. The molecule has 0 aromatic carbocycles. The minimum Gasteiger partial charge on any atom is -0.269 e. The minimum absolute atomic E-state index is 0.202. The van der Waals surface area contributed by atoms with Crippen LogP contribution in [0.1, 0.15) is 0 Å². The molecule has 2 aliphatic rings. The van der Waals surface area contributed by atoms with Gasteiger partial charge in [-0.3, -0.25) is 14.5 Å². The molecular weight excluding hydrogens is 206 g/mol. The maximum absolute atomic E-state index is 11.2. The van der Waals surface area contributed by atoms with Crippen molar-refractivity contribution in [1.82, 2.24) is 4.90 Å². The van der Waals surface area contributed by atoms with Crippen LogP contribution in [0.25, 0.3) is 0 Å². The van der Waals surface area contributed by atoms with Crippen LogP contribution >= 0.6 is 0 Å². The zero-order valence-electron chi connectivity index (χ0n) is 7.08. The third-order valence-electron chi connectivity index (χ3n) is 2.09. The average Bonchev–Trinajstić information content (AvgIpc) is 2.56. The van der Waals surface area contributed by atoms with Gasteiger partial charge in [0.05, 0.1) is 11.8 Å². The Morgan fingerprint density at radius 1 is 1.21 bits per heavy atom. The minimum atomic E-state index is -3.23. The van der Waals surface area contributed by atoms with Crippen LogP contribution in [0.2, 0.25) is 0 Å². The number of imide groups is 1. The van der Waals surface area contributed by atoms with Crippen LogP contribution in [-0.2, 0) is 19.4 Å². The largest absolute Gasteiger partial charge is 0.269 e. The van der Waals surface area contributed by atoms with E-state index in [1.807, 2.05) is 0 Å². The smallest absolute Gasteiger partial charge is 0.254 e. The van der Waals surface area contributed by atoms with Crippen molar-refractivity contribution in [2.75, 3.05) is 5.75 Å². The summed E-state index contributed by atoms with van der Waals surface area (Å²) in [5.74, 6) is -1.12. The van der Waals surface area contributed by atoms with Gasteiger partial charge in [-0.2, -0.15) is 0 Å². The monoisotopic (exact) mass is 213 g/mol. The van der Waals surface area contributed by atoms with Gasteiger partial charge in [-0.25, -0.2) is 8.42 Å². The van der Waals surface area contributed by atoms with Crippen LogP contribution in [0.4, 0.5) is 0 Å². The Bertz CT molecular complexity index is 442. The van der Waals surface area contributed by atoms with Gasteiger partial charge in [0.1, 0.15) is 0 Å². The van der Waals surface area contributed by atoms with Crippen molar-refractivity contribution < 1.29 is 18.0 Å². The summed E-state index contributed by atoms with van der Waals surface area (Å²) in [5, 5.41) is 1.04. The maximum atomic E-state index is 11.2. The van der Waals surface area contributed by atoms with Gasteiger partial charge in [0.15, 0.2) is 9.84 Å². The van der Waals surface area contributed by atoms with Gasteiger partial charge in [-0.15, -0.1) is 0 Å². The first-order chi connectivity index (χ1) is 6.49. The number of carbonyl (C=O) groups excluding carboxylic acids is 2. The van der Waals surface area contributed by atoms with Crippen molar-refractivity contribution in [2.24, 2.45) is 0 Å². The summed E-state index contributed by atoms with van der Waals surface area (Å²) in [5.41, 5.74) is 0. The zero-order chi connectivity index (χ0) is 10.3. The number of rotatable bonds is 1. The van der Waals surface area contributed by atoms with Gasteiger partial charge in [0, 0.05) is 17.6 Å². The summed E-state index contributed by atoms with van der Waals surface area (Å²) < 4.78 is 22.1. The predicted octanol–water partition coefficient (Wildman–Crippen LogP) is -0.778. The SMILES string of the molecule is O=C1C=CC(=O)N1C1C=CS(=O)(=O)C1. The topological polar surface area (TPSA) is 71.5 Å². The molecular formula is C8H7NO4S. The second-order valence-corrected chi connectivity index (χ2v) is 5.04. The van der Waals surface area contributed by atoms with Crippen molar-refractivity contribution in [3.63, 3.8) is 0 Å². The van der Waals surface area contributed by atoms with E-state index >= 15 is 0 Å². The Labute approximate surface area is 80.6 Å². The van der Waals surface area contributed by atoms with Crippen LogP contribution in [-0.4, -0.2) is 36.9 Å². The highest BCUT2D eigenvalue weighted by atomic mass is 32.2. The lowest BCUT2D eigenvalue weighted by molar-refractivity contribution is -0.137. The van der Waals surface area contributed by atoms with Crippen LogP contribution in [0.5, 0.6) is 0 Å². The molecule has 2 rings (SSSR count). The molecule has 0 bridgehead atoms. The van der Waals surface area contributed by atoms with Gasteiger partial charge < -0.3 is 0 Å². The van der Waals surface area contributed by atoms with Gasteiger partial charge in [-0.05, 0) is 6.08 Å². The van der Waals surface area contributed by atoms with E-state index in [4.69, 9.17) is 0 Å². The number of hydrogen-bond donors (Lipinski definition) is 0. The Balaban J connectivity index is 2.24. The number of carbonyl (C=O) groups is 2. The molecule has 0 spiro atoms. The van der Waals surface area contributed by atoms with Crippen LogP contribution < -0.4 is 0 Å². The van der Waals surface area contributed by atoms with Crippen molar-refractivity contribution >= 4 is 21.7 Å². The van der Waals surface area contributed by atoms with Gasteiger partial charge in [-0.1, -0.05) is 0 Å². The summed E-state index contributed by atoms with van der Waals surface area (Å²) in [6, 6.07) is -0.644. The van der Waals surface area contributed by atoms with Crippen LogP contribution in [0, 0.1) is 0 Å².